The van der Waals surface area contributed by atoms with Gasteiger partial charge < -0.3 is 10.5 Å². The molecule has 3 N–H and O–H groups in total. The first-order chi connectivity index (χ1) is 10.0. The van der Waals surface area contributed by atoms with Gasteiger partial charge in [0.05, 0.1) is 7.11 Å². The largest absolute Gasteiger partial charge is 0.497 e. The van der Waals surface area contributed by atoms with Crippen LogP contribution in [-0.4, -0.2) is 20.5 Å². The van der Waals surface area contributed by atoms with Gasteiger partial charge in [-0.15, -0.1) is 0 Å². The van der Waals surface area contributed by atoms with Gasteiger partial charge in [-0.3, -0.25) is 0 Å². The predicted molar refractivity (Wildman–Crippen MR) is 79.1 cm³/mol. The van der Waals surface area contributed by atoms with Crippen molar-refractivity contribution >= 4 is 10.0 Å². The van der Waals surface area contributed by atoms with Crippen LogP contribution < -0.4 is 15.2 Å². The summed E-state index contributed by atoms with van der Waals surface area (Å²) in [5.74, 6) is 0.723. The number of ether oxygens (including phenoxy) is 1. The van der Waals surface area contributed by atoms with E-state index in [-0.39, 0.29) is 11.6 Å². The van der Waals surface area contributed by atoms with E-state index >= 15 is 0 Å². The van der Waals surface area contributed by atoms with E-state index in [0.717, 1.165) is 16.9 Å². The van der Waals surface area contributed by atoms with Crippen LogP contribution in [0.2, 0.25) is 0 Å². The van der Waals surface area contributed by atoms with Crippen molar-refractivity contribution in [2.75, 3.05) is 7.11 Å². The Morgan fingerprint density at radius 1 is 1.14 bits per heavy atom. The van der Waals surface area contributed by atoms with Crippen LogP contribution in [-0.2, 0) is 23.1 Å². The Labute approximate surface area is 124 Å². The highest BCUT2D eigenvalue weighted by Gasteiger charge is 2.15. The molecule has 7 heteroatoms. The zero-order valence-electron chi connectivity index (χ0n) is 11.6. The predicted octanol–water partition coefficient (Wildman–Crippen LogP) is 1.03. The third-order valence-electron chi connectivity index (χ3n) is 2.93. The molecule has 112 valence electrons. The summed E-state index contributed by atoms with van der Waals surface area (Å²) in [6, 6.07) is 10.2. The normalized spacial score (nSPS) is 11.3. The zero-order valence-corrected chi connectivity index (χ0v) is 12.4. The maximum Gasteiger partial charge on any atom is 0.258 e. The molecule has 0 aliphatic carbocycles. The molecule has 0 saturated heterocycles. The topological polar surface area (TPSA) is 94.3 Å². The molecule has 1 heterocycles. The van der Waals surface area contributed by atoms with Gasteiger partial charge in [-0.05, 0) is 29.3 Å². The average molecular weight is 307 g/mol. The Balaban J connectivity index is 2.05. The molecule has 1 aromatic heterocycles. The second-order valence-electron chi connectivity index (χ2n) is 4.38. The van der Waals surface area contributed by atoms with E-state index in [1.165, 1.54) is 12.3 Å². The molecule has 0 spiro atoms. The Hall–Kier alpha value is -1.96. The Morgan fingerprint density at radius 3 is 2.33 bits per heavy atom. The quantitative estimate of drug-likeness (QED) is 0.831. The maximum absolute atomic E-state index is 12.1. The van der Waals surface area contributed by atoms with E-state index < -0.39 is 10.0 Å². The lowest BCUT2D eigenvalue weighted by atomic mass is 10.2. The summed E-state index contributed by atoms with van der Waals surface area (Å²) in [5, 5.41) is -0.0202. The molecule has 0 aliphatic heterocycles. The second-order valence-corrected chi connectivity index (χ2v) is 6.10. The van der Waals surface area contributed by atoms with Gasteiger partial charge in [0.1, 0.15) is 5.75 Å². The van der Waals surface area contributed by atoms with Gasteiger partial charge in [-0.25, -0.2) is 18.1 Å². The zero-order chi connectivity index (χ0) is 15.3. The van der Waals surface area contributed by atoms with Gasteiger partial charge in [0.15, 0.2) is 5.03 Å². The van der Waals surface area contributed by atoms with Crippen LogP contribution in [0.25, 0.3) is 0 Å². The number of nitrogens with two attached hydrogens (primary N) is 1. The number of sulfonamides is 1. The molecule has 0 fully saturated rings. The van der Waals surface area contributed by atoms with Crippen LogP contribution >= 0.6 is 0 Å². The van der Waals surface area contributed by atoms with Crippen LogP contribution in [0.5, 0.6) is 5.75 Å². The monoisotopic (exact) mass is 307 g/mol. The summed E-state index contributed by atoms with van der Waals surface area (Å²) in [6.45, 7) is 0.513. The molecule has 0 radical (unpaired) electrons. The number of benzene rings is 1. The minimum atomic E-state index is -3.63. The fraction of sp³-hybridized carbons (Fsp3) is 0.214. The van der Waals surface area contributed by atoms with Crippen molar-refractivity contribution in [2.24, 2.45) is 5.73 Å². The fourth-order valence-corrected chi connectivity index (χ4v) is 2.63. The molecule has 0 amide bonds. The van der Waals surface area contributed by atoms with E-state index in [9.17, 15) is 8.42 Å². The number of pyridine rings is 1. The lowest BCUT2D eigenvalue weighted by Gasteiger charge is -2.07. The summed E-state index contributed by atoms with van der Waals surface area (Å²) < 4.78 is 31.7. The molecule has 6 nitrogen and oxygen atoms in total. The molecule has 0 aliphatic rings. The van der Waals surface area contributed by atoms with Crippen molar-refractivity contribution < 1.29 is 13.2 Å². The van der Waals surface area contributed by atoms with Crippen molar-refractivity contribution in [1.82, 2.24) is 9.71 Å². The van der Waals surface area contributed by atoms with Crippen LogP contribution in [0.15, 0.2) is 47.6 Å². The van der Waals surface area contributed by atoms with Crippen molar-refractivity contribution in [1.29, 1.82) is 0 Å². The van der Waals surface area contributed by atoms with Crippen molar-refractivity contribution in [3.8, 4) is 5.75 Å². The third kappa shape index (κ3) is 4.01. The van der Waals surface area contributed by atoms with Crippen LogP contribution in [0.4, 0.5) is 0 Å². The molecule has 1 aromatic carbocycles. The smallest absolute Gasteiger partial charge is 0.258 e. The van der Waals surface area contributed by atoms with Gasteiger partial charge in [-0.2, -0.15) is 0 Å². The summed E-state index contributed by atoms with van der Waals surface area (Å²) in [7, 11) is -2.05. The van der Waals surface area contributed by atoms with E-state index in [1.54, 1.807) is 37.4 Å². The van der Waals surface area contributed by atoms with Gasteiger partial charge in [-0.1, -0.05) is 18.2 Å². The average Bonchev–Trinajstić information content (AvgIpc) is 2.53. The van der Waals surface area contributed by atoms with Crippen molar-refractivity contribution in [2.45, 2.75) is 18.1 Å². The third-order valence-corrected chi connectivity index (χ3v) is 4.25. The maximum atomic E-state index is 12.1. The van der Waals surface area contributed by atoms with E-state index in [1.807, 2.05) is 0 Å². The Morgan fingerprint density at radius 2 is 1.81 bits per heavy atom. The molecule has 0 bridgehead atoms. The molecule has 2 aromatic rings. The van der Waals surface area contributed by atoms with Crippen LogP contribution in [0.1, 0.15) is 11.1 Å². The fourth-order valence-electron chi connectivity index (χ4n) is 1.69. The molecular formula is C14H17N3O3S. The van der Waals surface area contributed by atoms with Crippen molar-refractivity contribution in [3.63, 3.8) is 0 Å². The lowest BCUT2D eigenvalue weighted by molar-refractivity contribution is 0.414. The lowest BCUT2D eigenvalue weighted by Crippen LogP contribution is -2.24. The number of nitrogens with one attached hydrogen (secondary N) is 1. The second kappa shape index (κ2) is 6.66. The number of methoxy groups -OCH3 is 1. The van der Waals surface area contributed by atoms with E-state index in [0.29, 0.717) is 6.54 Å². The number of rotatable bonds is 6. The molecule has 0 saturated carbocycles. The van der Waals surface area contributed by atoms with Crippen LogP contribution in [0.3, 0.4) is 0 Å². The number of hydrogen-bond acceptors (Lipinski definition) is 5. The molecule has 0 unspecified atom stereocenters. The standard InChI is InChI=1S/C14H17N3O3S/c1-20-13-5-2-11(3-6-13)10-17-21(18,19)14-7-4-12(8-15)9-16-14/h2-7,9,17H,8,10,15H2,1H3. The van der Waals surface area contributed by atoms with Gasteiger partial charge in [0.25, 0.3) is 10.0 Å². The summed E-state index contributed by atoms with van der Waals surface area (Å²) in [4.78, 5) is 3.91. The van der Waals surface area contributed by atoms with Gasteiger partial charge in [0.2, 0.25) is 0 Å². The van der Waals surface area contributed by atoms with Crippen molar-refractivity contribution in [3.05, 3.63) is 53.7 Å². The highest BCUT2D eigenvalue weighted by atomic mass is 32.2. The first-order valence-corrected chi connectivity index (χ1v) is 7.81. The molecule has 0 atom stereocenters. The van der Waals surface area contributed by atoms with Gasteiger partial charge in [0, 0.05) is 19.3 Å². The van der Waals surface area contributed by atoms with E-state index in [2.05, 4.69) is 9.71 Å². The highest BCUT2D eigenvalue weighted by Crippen LogP contribution is 2.12. The van der Waals surface area contributed by atoms with E-state index in [4.69, 9.17) is 10.5 Å². The van der Waals surface area contributed by atoms with Gasteiger partial charge >= 0.3 is 0 Å². The summed E-state index contributed by atoms with van der Waals surface area (Å²) >= 11 is 0. The SMILES string of the molecule is COc1ccc(CNS(=O)(=O)c2ccc(CN)cn2)cc1. The Bertz CT molecular complexity index is 682. The highest BCUT2D eigenvalue weighted by molar-refractivity contribution is 7.89. The summed E-state index contributed by atoms with van der Waals surface area (Å²) in [5.41, 5.74) is 7.06. The Kier molecular flexibility index (Phi) is 4.89. The number of nitrogens with zero attached hydrogens (tertiary/aromatic N) is 1. The minimum Gasteiger partial charge on any atom is -0.497 e. The molecule has 21 heavy (non-hydrogen) atoms. The molecular weight excluding hydrogens is 290 g/mol. The minimum absolute atomic E-state index is 0.0202. The summed E-state index contributed by atoms with van der Waals surface area (Å²) in [6.07, 6.45) is 1.46. The number of aromatic nitrogens is 1. The first kappa shape index (κ1) is 15.4. The number of hydrogen-bond donors (Lipinski definition) is 2. The van der Waals surface area contributed by atoms with Crippen LogP contribution in [0, 0.1) is 0 Å². The first-order valence-electron chi connectivity index (χ1n) is 6.33. The molecule has 2 rings (SSSR count).